The second kappa shape index (κ2) is 9.45. The van der Waals surface area contributed by atoms with Crippen LogP contribution in [0.5, 0.6) is 0 Å². The summed E-state index contributed by atoms with van der Waals surface area (Å²) >= 11 is 1.12. The molecule has 0 bridgehead atoms. The number of thioether (sulfide) groups is 1. The van der Waals surface area contributed by atoms with Gasteiger partial charge in [-0.3, -0.25) is 19.3 Å². The Morgan fingerprint density at radius 3 is 2.60 bits per heavy atom. The van der Waals surface area contributed by atoms with Crippen LogP contribution in [0.25, 0.3) is 0 Å². The maximum Gasteiger partial charge on any atom is 0.419 e. The van der Waals surface area contributed by atoms with Crippen molar-refractivity contribution < 1.29 is 43.7 Å². The molecule has 0 aromatic carbocycles. The van der Waals surface area contributed by atoms with Gasteiger partial charge >= 0.3 is 18.0 Å². The van der Waals surface area contributed by atoms with Crippen molar-refractivity contribution in [3.63, 3.8) is 0 Å². The summed E-state index contributed by atoms with van der Waals surface area (Å²) in [6.45, 7) is 1.43. The molecule has 2 unspecified atom stereocenters. The number of methoxy groups -OCH3 is 1. The van der Waals surface area contributed by atoms with Crippen LogP contribution < -0.4 is 5.73 Å². The van der Waals surface area contributed by atoms with E-state index in [0.717, 1.165) is 23.8 Å². The molecule has 0 radical (unpaired) electrons. The van der Waals surface area contributed by atoms with Crippen LogP contribution in [0.3, 0.4) is 0 Å². The number of imide groups is 1. The fourth-order valence-corrected chi connectivity index (χ4v) is 4.55. The monoisotopic (exact) mass is 445 g/mol. The van der Waals surface area contributed by atoms with Gasteiger partial charge in [-0.15, -0.1) is 11.8 Å². The van der Waals surface area contributed by atoms with E-state index in [9.17, 15) is 29.1 Å². The number of carboxylic acid groups (broad SMARTS) is 2. The lowest BCUT2D eigenvalue weighted by atomic mass is 9.97. The molecule has 0 spiro atoms. The normalized spacial score (nSPS) is 23.6. The molecule has 4 N–H and O–H groups in total. The van der Waals surface area contributed by atoms with E-state index in [-0.39, 0.29) is 37.3 Å². The van der Waals surface area contributed by atoms with E-state index in [4.69, 9.17) is 20.3 Å². The molecular weight excluding hydrogens is 422 g/mol. The number of nitrogens with two attached hydrogens (primary N) is 1. The molecule has 0 aromatic rings. The Morgan fingerprint density at radius 2 is 2.07 bits per heavy atom. The molecule has 166 valence electrons. The first-order valence-corrected chi connectivity index (χ1v) is 10.1. The highest BCUT2D eigenvalue weighted by atomic mass is 32.2. The molecule has 0 aromatic heterocycles. The number of ether oxygens (including phenoxy) is 2. The van der Waals surface area contributed by atoms with Gasteiger partial charge in [-0.05, 0) is 25.8 Å². The van der Waals surface area contributed by atoms with Crippen molar-refractivity contribution in [3.05, 3.63) is 11.8 Å². The van der Waals surface area contributed by atoms with Crippen molar-refractivity contribution in [1.82, 2.24) is 9.80 Å². The summed E-state index contributed by atoms with van der Waals surface area (Å²) in [6.07, 6.45) is -0.0473. The SMILES string of the molecule is CCOC(=O)N(C(=O)CCCC(N)C(=O)O)C1(OC)C(=O)N2C(C(=O)O)=CCS[C@H]21. The summed E-state index contributed by atoms with van der Waals surface area (Å²) < 4.78 is 10.3. The van der Waals surface area contributed by atoms with Gasteiger partial charge in [0.15, 0.2) is 0 Å². The fourth-order valence-electron chi connectivity index (χ4n) is 3.23. The van der Waals surface area contributed by atoms with Gasteiger partial charge in [-0.25, -0.2) is 14.5 Å². The number of hydrogen-bond donors (Lipinski definition) is 3. The van der Waals surface area contributed by atoms with Crippen molar-refractivity contribution in [1.29, 1.82) is 0 Å². The zero-order chi connectivity index (χ0) is 22.6. The summed E-state index contributed by atoms with van der Waals surface area (Å²) in [5.41, 5.74) is 3.09. The number of carbonyl (C=O) groups excluding carboxylic acids is 3. The number of aliphatic carboxylic acids is 2. The summed E-state index contributed by atoms with van der Waals surface area (Å²) in [5.74, 6) is -4.05. The molecule has 12 nitrogen and oxygen atoms in total. The van der Waals surface area contributed by atoms with E-state index in [0.29, 0.717) is 4.90 Å². The van der Waals surface area contributed by atoms with Crippen LogP contribution in [0.1, 0.15) is 26.2 Å². The minimum Gasteiger partial charge on any atom is -0.480 e. The molecule has 2 rings (SSSR count). The van der Waals surface area contributed by atoms with Crippen molar-refractivity contribution in [2.45, 2.75) is 43.3 Å². The van der Waals surface area contributed by atoms with Crippen LogP contribution in [0.2, 0.25) is 0 Å². The summed E-state index contributed by atoms with van der Waals surface area (Å²) in [5, 5.41) is 17.2. The number of carbonyl (C=O) groups is 5. The third kappa shape index (κ3) is 4.00. The van der Waals surface area contributed by atoms with Crippen molar-refractivity contribution in [3.8, 4) is 0 Å². The Kier molecular flexibility index (Phi) is 7.44. The minimum atomic E-state index is -2.07. The Morgan fingerprint density at radius 1 is 1.40 bits per heavy atom. The lowest BCUT2D eigenvalue weighted by Gasteiger charge is -2.57. The fraction of sp³-hybridized carbons (Fsp3) is 0.588. The zero-order valence-corrected chi connectivity index (χ0v) is 17.2. The van der Waals surface area contributed by atoms with E-state index >= 15 is 0 Å². The lowest BCUT2D eigenvalue weighted by Crippen LogP contribution is -2.81. The zero-order valence-electron chi connectivity index (χ0n) is 16.4. The molecule has 30 heavy (non-hydrogen) atoms. The van der Waals surface area contributed by atoms with Crippen LogP contribution >= 0.6 is 11.8 Å². The smallest absolute Gasteiger partial charge is 0.419 e. The van der Waals surface area contributed by atoms with Gasteiger partial charge in [0, 0.05) is 19.3 Å². The van der Waals surface area contributed by atoms with E-state index in [1.54, 1.807) is 0 Å². The Hall–Kier alpha value is -2.64. The van der Waals surface area contributed by atoms with Crippen molar-refractivity contribution >= 4 is 41.6 Å². The third-order valence-electron chi connectivity index (χ3n) is 4.67. The molecule has 3 atom stereocenters. The number of rotatable bonds is 9. The predicted octanol–water partition coefficient (Wildman–Crippen LogP) is -0.220. The lowest BCUT2D eigenvalue weighted by molar-refractivity contribution is -0.217. The Labute approximate surface area is 175 Å². The first kappa shape index (κ1) is 23.6. The molecule has 1 fully saturated rings. The quantitative estimate of drug-likeness (QED) is 0.316. The minimum absolute atomic E-state index is 0.0259. The van der Waals surface area contributed by atoms with Crippen LogP contribution in [-0.2, 0) is 28.7 Å². The molecule has 0 aliphatic carbocycles. The summed E-state index contributed by atoms with van der Waals surface area (Å²) in [4.78, 5) is 62.3. The average Bonchev–Trinajstić information content (AvgIpc) is 2.70. The summed E-state index contributed by atoms with van der Waals surface area (Å²) in [6, 6.07) is -1.18. The average molecular weight is 445 g/mol. The topological polar surface area (TPSA) is 177 Å². The van der Waals surface area contributed by atoms with Gasteiger partial charge < -0.3 is 25.4 Å². The van der Waals surface area contributed by atoms with Crippen LogP contribution in [-0.4, -0.2) is 86.5 Å². The largest absolute Gasteiger partial charge is 0.480 e. The summed E-state index contributed by atoms with van der Waals surface area (Å²) in [7, 11) is 1.13. The predicted molar refractivity (Wildman–Crippen MR) is 102 cm³/mol. The molecule has 2 aliphatic rings. The van der Waals surface area contributed by atoms with Gasteiger partial charge in [0.2, 0.25) is 5.91 Å². The van der Waals surface area contributed by atoms with Gasteiger partial charge in [-0.2, -0.15) is 0 Å². The van der Waals surface area contributed by atoms with E-state index in [2.05, 4.69) is 0 Å². The number of carboxylic acids is 2. The number of fused-ring (bicyclic) bond motifs is 1. The van der Waals surface area contributed by atoms with Crippen molar-refractivity contribution in [2.75, 3.05) is 19.5 Å². The maximum atomic E-state index is 13.0. The van der Waals surface area contributed by atoms with E-state index < -0.39 is 47.0 Å². The van der Waals surface area contributed by atoms with Gasteiger partial charge in [-0.1, -0.05) is 0 Å². The molecule has 13 heteroatoms. The third-order valence-corrected chi connectivity index (χ3v) is 5.88. The molecule has 2 heterocycles. The first-order valence-electron chi connectivity index (χ1n) is 9.05. The Bertz CT molecular complexity index is 786. The maximum absolute atomic E-state index is 13.0. The van der Waals surface area contributed by atoms with Crippen LogP contribution in [0.15, 0.2) is 11.8 Å². The highest BCUT2D eigenvalue weighted by Crippen LogP contribution is 2.48. The molecular formula is C17H23N3O9S. The number of amides is 3. The highest BCUT2D eigenvalue weighted by molar-refractivity contribution is 8.00. The Balaban J connectivity index is 2.31. The number of nitrogens with zero attached hydrogens (tertiary/aromatic N) is 2. The van der Waals surface area contributed by atoms with Crippen molar-refractivity contribution in [2.24, 2.45) is 5.73 Å². The van der Waals surface area contributed by atoms with Crippen LogP contribution in [0, 0.1) is 0 Å². The van der Waals surface area contributed by atoms with E-state index in [1.165, 1.54) is 13.0 Å². The second-order valence-corrected chi connectivity index (χ2v) is 7.53. The van der Waals surface area contributed by atoms with E-state index in [1.807, 2.05) is 0 Å². The first-order chi connectivity index (χ1) is 14.1. The van der Waals surface area contributed by atoms with Gasteiger partial charge in [0.05, 0.1) is 6.61 Å². The molecule has 1 saturated heterocycles. The molecule has 0 saturated carbocycles. The number of hydrogen-bond acceptors (Lipinski definition) is 9. The highest BCUT2D eigenvalue weighted by Gasteiger charge is 2.70. The number of β-lactam (4-membered cyclic amide) rings is 1. The van der Waals surface area contributed by atoms with Gasteiger partial charge in [0.1, 0.15) is 17.1 Å². The van der Waals surface area contributed by atoms with Gasteiger partial charge in [0.25, 0.3) is 11.6 Å². The molecule has 3 amide bonds. The second-order valence-electron chi connectivity index (χ2n) is 6.42. The molecule has 2 aliphatic heterocycles. The van der Waals surface area contributed by atoms with Crippen LogP contribution in [0.4, 0.5) is 4.79 Å². The standard InChI is InChI=1S/C17H23N3O9S/c1-3-29-16(27)20(11(21)6-4-5-9(18)12(22)23)17(28-2)14(26)19-10(13(24)25)7-8-30-15(17)19/h7,9,15H,3-6,8,18H2,1-2H3,(H,22,23)(H,24,25)/t9?,15-,17?/m0/s1.